The first-order valence-corrected chi connectivity index (χ1v) is 7.01. The zero-order valence-electron chi connectivity index (χ0n) is 11.7. The van der Waals surface area contributed by atoms with Gasteiger partial charge in [0.1, 0.15) is 0 Å². The van der Waals surface area contributed by atoms with Gasteiger partial charge in [-0.25, -0.2) is 0 Å². The zero-order valence-corrected chi connectivity index (χ0v) is 11.7. The van der Waals surface area contributed by atoms with Crippen LogP contribution in [0.25, 0.3) is 0 Å². The molecule has 0 aromatic carbocycles. The van der Waals surface area contributed by atoms with Crippen LogP contribution >= 0.6 is 0 Å². The Hall–Kier alpha value is -1.03. The molecule has 2 heterocycles. The van der Waals surface area contributed by atoms with E-state index in [-0.39, 0.29) is 5.54 Å². The van der Waals surface area contributed by atoms with E-state index in [1.165, 1.54) is 19.4 Å². The number of hydrogen-bond acceptors (Lipinski definition) is 4. The van der Waals surface area contributed by atoms with Crippen LogP contribution in [0.2, 0.25) is 0 Å². The summed E-state index contributed by atoms with van der Waals surface area (Å²) in [5.74, 6) is 0.702. The van der Waals surface area contributed by atoms with E-state index >= 15 is 0 Å². The summed E-state index contributed by atoms with van der Waals surface area (Å²) in [7, 11) is 0. The van der Waals surface area contributed by atoms with Crippen LogP contribution in [0.1, 0.15) is 33.1 Å². The van der Waals surface area contributed by atoms with Crippen LogP contribution in [0.15, 0.2) is 17.6 Å². The van der Waals surface area contributed by atoms with Gasteiger partial charge >= 0.3 is 0 Å². The van der Waals surface area contributed by atoms with Gasteiger partial charge < -0.3 is 15.5 Å². The van der Waals surface area contributed by atoms with E-state index in [4.69, 9.17) is 5.73 Å². The second-order valence-corrected chi connectivity index (χ2v) is 5.78. The Bertz CT molecular complexity index is 337. The Labute approximate surface area is 111 Å². The molecule has 1 saturated heterocycles. The standard InChI is InChI=1S/C14H26N4/c1-4-8-18-13(15)16-11-14(18)6-5-9-17(10-7-14)12(2)3/h4,12H,1,5-11H2,2-3H3,(H2,15,16). The van der Waals surface area contributed by atoms with Crippen molar-refractivity contribution in [1.82, 2.24) is 9.80 Å². The molecule has 0 aromatic rings. The maximum atomic E-state index is 6.03. The summed E-state index contributed by atoms with van der Waals surface area (Å²) < 4.78 is 0. The van der Waals surface area contributed by atoms with Crippen molar-refractivity contribution in [3.8, 4) is 0 Å². The molecule has 2 aliphatic rings. The van der Waals surface area contributed by atoms with Gasteiger partial charge in [-0.15, -0.1) is 6.58 Å². The molecule has 4 nitrogen and oxygen atoms in total. The smallest absolute Gasteiger partial charge is 0.192 e. The van der Waals surface area contributed by atoms with Gasteiger partial charge in [0.25, 0.3) is 0 Å². The van der Waals surface area contributed by atoms with E-state index in [2.05, 4.69) is 35.2 Å². The number of rotatable bonds is 3. The summed E-state index contributed by atoms with van der Waals surface area (Å²) in [5.41, 5.74) is 6.19. The lowest BCUT2D eigenvalue weighted by Gasteiger charge is -2.38. The molecular weight excluding hydrogens is 224 g/mol. The molecule has 0 radical (unpaired) electrons. The zero-order chi connectivity index (χ0) is 13.2. The maximum absolute atomic E-state index is 6.03. The topological polar surface area (TPSA) is 44.9 Å². The lowest BCUT2D eigenvalue weighted by atomic mass is 9.89. The summed E-state index contributed by atoms with van der Waals surface area (Å²) in [6.45, 7) is 12.4. The van der Waals surface area contributed by atoms with Crippen LogP contribution < -0.4 is 5.73 Å². The van der Waals surface area contributed by atoms with E-state index in [9.17, 15) is 0 Å². The molecule has 2 aliphatic heterocycles. The number of nitrogens with zero attached hydrogens (tertiary/aromatic N) is 3. The predicted molar refractivity (Wildman–Crippen MR) is 76.7 cm³/mol. The molecule has 1 spiro atoms. The maximum Gasteiger partial charge on any atom is 0.192 e. The lowest BCUT2D eigenvalue weighted by Crippen LogP contribution is -2.52. The van der Waals surface area contributed by atoms with Crippen LogP contribution in [0.3, 0.4) is 0 Å². The SMILES string of the molecule is C=CCN1C(N)=NCC12CCCN(C(C)C)CC2. The Morgan fingerprint density at radius 2 is 2.22 bits per heavy atom. The van der Waals surface area contributed by atoms with Gasteiger partial charge in [-0.2, -0.15) is 0 Å². The van der Waals surface area contributed by atoms with E-state index in [1.807, 2.05) is 6.08 Å². The molecular formula is C14H26N4. The Balaban J connectivity index is 2.10. The molecule has 102 valence electrons. The lowest BCUT2D eigenvalue weighted by molar-refractivity contribution is 0.176. The van der Waals surface area contributed by atoms with Gasteiger partial charge in [0.15, 0.2) is 5.96 Å². The molecule has 0 saturated carbocycles. The van der Waals surface area contributed by atoms with Gasteiger partial charge in [0.05, 0.1) is 12.1 Å². The average molecular weight is 250 g/mol. The van der Waals surface area contributed by atoms with Crippen LogP contribution in [0.4, 0.5) is 0 Å². The summed E-state index contributed by atoms with van der Waals surface area (Å²) in [5, 5.41) is 0. The summed E-state index contributed by atoms with van der Waals surface area (Å²) in [6.07, 6.45) is 5.51. The third-order valence-electron chi connectivity index (χ3n) is 4.38. The van der Waals surface area contributed by atoms with Crippen molar-refractivity contribution in [2.75, 3.05) is 26.2 Å². The van der Waals surface area contributed by atoms with Gasteiger partial charge in [0, 0.05) is 19.1 Å². The second-order valence-electron chi connectivity index (χ2n) is 5.78. The molecule has 0 amide bonds. The van der Waals surface area contributed by atoms with Crippen LogP contribution in [-0.2, 0) is 0 Å². The van der Waals surface area contributed by atoms with Crippen LogP contribution in [0, 0.1) is 0 Å². The molecule has 0 aliphatic carbocycles. The molecule has 1 unspecified atom stereocenters. The highest BCUT2D eigenvalue weighted by Gasteiger charge is 2.42. The minimum absolute atomic E-state index is 0.155. The molecule has 1 atom stereocenters. The number of aliphatic imine (C=N–C) groups is 1. The van der Waals surface area contributed by atoms with Crippen LogP contribution in [0.5, 0.6) is 0 Å². The third-order valence-corrected chi connectivity index (χ3v) is 4.38. The third kappa shape index (κ3) is 2.39. The van der Waals surface area contributed by atoms with Gasteiger partial charge in [-0.3, -0.25) is 4.99 Å². The highest BCUT2D eigenvalue weighted by Crippen LogP contribution is 2.33. The highest BCUT2D eigenvalue weighted by molar-refractivity contribution is 5.81. The highest BCUT2D eigenvalue weighted by atomic mass is 15.4. The summed E-state index contributed by atoms with van der Waals surface area (Å²) in [6, 6.07) is 0.632. The normalized spacial score (nSPS) is 29.7. The Kier molecular flexibility index (Phi) is 3.95. The fraction of sp³-hybridized carbons (Fsp3) is 0.786. The first kappa shape index (κ1) is 13.4. The first-order chi connectivity index (χ1) is 8.59. The van der Waals surface area contributed by atoms with E-state index in [0.717, 1.165) is 26.1 Å². The first-order valence-electron chi connectivity index (χ1n) is 7.01. The molecule has 0 aromatic heterocycles. The Morgan fingerprint density at radius 3 is 2.89 bits per heavy atom. The number of nitrogens with two attached hydrogens (primary N) is 1. The fourth-order valence-electron chi connectivity index (χ4n) is 3.20. The van der Waals surface area contributed by atoms with Crippen molar-refractivity contribution in [2.24, 2.45) is 10.7 Å². The largest absolute Gasteiger partial charge is 0.370 e. The van der Waals surface area contributed by atoms with Crippen molar-refractivity contribution >= 4 is 5.96 Å². The molecule has 2 N–H and O–H groups in total. The monoisotopic (exact) mass is 250 g/mol. The van der Waals surface area contributed by atoms with E-state index in [1.54, 1.807) is 0 Å². The van der Waals surface area contributed by atoms with E-state index in [0.29, 0.717) is 12.0 Å². The molecule has 1 fully saturated rings. The predicted octanol–water partition coefficient (Wildman–Crippen LogP) is 1.44. The van der Waals surface area contributed by atoms with Crippen molar-refractivity contribution in [2.45, 2.75) is 44.7 Å². The van der Waals surface area contributed by atoms with Crippen molar-refractivity contribution in [3.05, 3.63) is 12.7 Å². The quantitative estimate of drug-likeness (QED) is 0.771. The summed E-state index contributed by atoms with van der Waals surface area (Å²) in [4.78, 5) is 9.31. The molecule has 18 heavy (non-hydrogen) atoms. The van der Waals surface area contributed by atoms with Crippen LogP contribution in [-0.4, -0.2) is 53.5 Å². The van der Waals surface area contributed by atoms with Gasteiger partial charge in [-0.05, 0) is 39.7 Å². The Morgan fingerprint density at radius 1 is 1.44 bits per heavy atom. The van der Waals surface area contributed by atoms with Gasteiger partial charge in [0.2, 0.25) is 0 Å². The molecule has 2 rings (SSSR count). The summed E-state index contributed by atoms with van der Waals surface area (Å²) >= 11 is 0. The number of guanidine groups is 1. The fourth-order valence-corrected chi connectivity index (χ4v) is 3.20. The average Bonchev–Trinajstić information content (AvgIpc) is 2.54. The minimum atomic E-state index is 0.155. The van der Waals surface area contributed by atoms with E-state index < -0.39 is 0 Å². The van der Waals surface area contributed by atoms with Gasteiger partial charge in [-0.1, -0.05) is 6.08 Å². The number of likely N-dealkylation sites (tertiary alicyclic amines) is 1. The minimum Gasteiger partial charge on any atom is -0.370 e. The van der Waals surface area contributed by atoms with Crippen molar-refractivity contribution < 1.29 is 0 Å². The molecule has 0 bridgehead atoms. The van der Waals surface area contributed by atoms with Crippen molar-refractivity contribution in [3.63, 3.8) is 0 Å². The number of hydrogen-bond donors (Lipinski definition) is 1. The van der Waals surface area contributed by atoms with Crippen molar-refractivity contribution in [1.29, 1.82) is 0 Å². The molecule has 4 heteroatoms. The second kappa shape index (κ2) is 5.31.